The van der Waals surface area contributed by atoms with Crippen LogP contribution < -0.4 is 10.3 Å². The number of nitro groups is 1. The first-order valence-corrected chi connectivity index (χ1v) is 11.1. The molecule has 0 fully saturated rings. The predicted molar refractivity (Wildman–Crippen MR) is 133 cm³/mol. The highest BCUT2D eigenvalue weighted by molar-refractivity contribution is 5.99. The molecule has 1 N–H and O–H groups in total. The summed E-state index contributed by atoms with van der Waals surface area (Å²) in [4.78, 5) is 37.0. The lowest BCUT2D eigenvalue weighted by Gasteiger charge is -2.19. The van der Waals surface area contributed by atoms with Gasteiger partial charge in [-0.3, -0.25) is 19.9 Å². The first-order valence-electron chi connectivity index (χ1n) is 11.1. The van der Waals surface area contributed by atoms with Crippen LogP contribution in [0.5, 0.6) is 0 Å². The molecule has 3 aromatic rings. The first-order chi connectivity index (χ1) is 16.8. The largest absolute Gasteiger partial charge is 0.444 e. The van der Waals surface area contributed by atoms with Crippen LogP contribution in [0.3, 0.4) is 0 Å². The summed E-state index contributed by atoms with van der Waals surface area (Å²) >= 11 is 0. The van der Waals surface area contributed by atoms with Crippen LogP contribution in [-0.4, -0.2) is 29.1 Å². The van der Waals surface area contributed by atoms with E-state index in [0.717, 1.165) is 24.4 Å². The molecule has 3 aromatic carbocycles. The van der Waals surface area contributed by atoms with E-state index in [4.69, 9.17) is 4.74 Å². The van der Waals surface area contributed by atoms with Crippen LogP contribution in [-0.2, 0) is 9.53 Å². The Morgan fingerprint density at radius 3 is 2.40 bits per heavy atom. The van der Waals surface area contributed by atoms with Gasteiger partial charge in [0, 0.05) is 30.3 Å². The number of carbonyl (C=O) groups is 2. The first kappa shape index (κ1) is 23.6. The monoisotopic (exact) mass is 472 g/mol. The molecular formula is C26H24N4O5. The number of anilines is 2. The highest BCUT2D eigenvalue weighted by Gasteiger charge is 2.28. The van der Waals surface area contributed by atoms with E-state index in [1.165, 1.54) is 12.1 Å². The normalized spacial score (nSPS) is 13.7. The number of hydrogen-bond acceptors (Lipinski definition) is 7. The van der Waals surface area contributed by atoms with Crippen molar-refractivity contribution in [3.8, 4) is 0 Å². The fourth-order valence-corrected chi connectivity index (χ4v) is 3.70. The summed E-state index contributed by atoms with van der Waals surface area (Å²) in [6, 6.07) is 19.7. The number of esters is 1. The summed E-state index contributed by atoms with van der Waals surface area (Å²) in [5.41, 5.74) is 3.05. The van der Waals surface area contributed by atoms with Crippen LogP contribution in [0.15, 0.2) is 77.9 Å². The van der Waals surface area contributed by atoms with Gasteiger partial charge in [-0.15, -0.1) is 0 Å². The molecule has 4 rings (SSSR count). The Labute approximate surface area is 202 Å². The highest BCUT2D eigenvalue weighted by atomic mass is 16.6. The minimum atomic E-state index is -1.31. The number of ether oxygens (including phenoxy) is 1. The molecule has 1 unspecified atom stereocenters. The Morgan fingerprint density at radius 1 is 1.06 bits per heavy atom. The number of amides is 1. The maximum absolute atomic E-state index is 13.2. The Kier molecular flexibility index (Phi) is 6.86. The molecule has 9 nitrogen and oxygen atoms in total. The SMILES string of the molecule is CC1=NN(c2ccc(C(=O)OC(C(=O)Nc3ccc(C)cc3[N+](=O)[O-])c3ccccc3)cc2)CC1. The molecule has 1 amide bonds. The van der Waals surface area contributed by atoms with Gasteiger partial charge in [0.2, 0.25) is 6.10 Å². The van der Waals surface area contributed by atoms with Crippen LogP contribution >= 0.6 is 0 Å². The summed E-state index contributed by atoms with van der Waals surface area (Å²) in [5, 5.41) is 20.3. The van der Waals surface area contributed by atoms with Crippen molar-refractivity contribution < 1.29 is 19.2 Å². The van der Waals surface area contributed by atoms with Crippen LogP contribution in [0.25, 0.3) is 0 Å². The topological polar surface area (TPSA) is 114 Å². The van der Waals surface area contributed by atoms with Gasteiger partial charge in [-0.2, -0.15) is 5.10 Å². The summed E-state index contributed by atoms with van der Waals surface area (Å²) in [5.74, 6) is -1.39. The molecule has 0 bridgehead atoms. The van der Waals surface area contributed by atoms with Gasteiger partial charge in [-0.25, -0.2) is 4.79 Å². The average Bonchev–Trinajstić information content (AvgIpc) is 3.30. The fourth-order valence-electron chi connectivity index (χ4n) is 3.70. The van der Waals surface area contributed by atoms with Crippen LogP contribution in [0.2, 0.25) is 0 Å². The second kappa shape index (κ2) is 10.2. The summed E-state index contributed by atoms with van der Waals surface area (Å²) in [6.07, 6.45) is -0.424. The van der Waals surface area contributed by atoms with E-state index in [2.05, 4.69) is 10.4 Å². The smallest absolute Gasteiger partial charge is 0.339 e. The van der Waals surface area contributed by atoms with Gasteiger partial charge in [0.25, 0.3) is 11.6 Å². The third-order valence-electron chi connectivity index (χ3n) is 5.55. The van der Waals surface area contributed by atoms with Gasteiger partial charge in [0.15, 0.2) is 0 Å². The lowest BCUT2D eigenvalue weighted by atomic mass is 10.1. The molecule has 0 saturated carbocycles. The Balaban J connectivity index is 1.55. The molecule has 1 heterocycles. The molecule has 1 aliphatic rings. The van der Waals surface area contributed by atoms with Gasteiger partial charge in [-0.1, -0.05) is 36.4 Å². The summed E-state index contributed by atoms with van der Waals surface area (Å²) in [7, 11) is 0. The van der Waals surface area contributed by atoms with E-state index in [0.29, 0.717) is 11.1 Å². The Hall–Kier alpha value is -4.53. The number of hydrogen-bond donors (Lipinski definition) is 1. The zero-order valence-electron chi connectivity index (χ0n) is 19.3. The molecular weight excluding hydrogens is 448 g/mol. The molecule has 35 heavy (non-hydrogen) atoms. The molecule has 0 radical (unpaired) electrons. The van der Waals surface area contributed by atoms with Crippen molar-refractivity contribution in [2.24, 2.45) is 5.10 Å². The van der Waals surface area contributed by atoms with Crippen molar-refractivity contribution >= 4 is 34.7 Å². The number of aryl methyl sites for hydroxylation is 1. The molecule has 0 saturated heterocycles. The zero-order chi connectivity index (χ0) is 24.9. The minimum absolute atomic E-state index is 0.0217. The quantitative estimate of drug-likeness (QED) is 0.293. The van der Waals surface area contributed by atoms with Gasteiger partial charge < -0.3 is 10.1 Å². The van der Waals surface area contributed by atoms with Crippen molar-refractivity contribution in [3.05, 3.63) is 99.6 Å². The van der Waals surface area contributed by atoms with Crippen molar-refractivity contribution in [2.45, 2.75) is 26.4 Å². The van der Waals surface area contributed by atoms with Gasteiger partial charge in [-0.05, 0) is 49.7 Å². The van der Waals surface area contributed by atoms with E-state index in [-0.39, 0.29) is 16.9 Å². The standard InChI is InChI=1S/C26H24N4O5/c1-17-8-13-22(23(16-17)30(33)34)27-25(31)24(19-6-4-3-5-7-19)35-26(32)20-9-11-21(12-10-20)29-15-14-18(2)28-29/h3-13,16,24H,14-15H2,1-2H3,(H,27,31). The molecule has 0 spiro atoms. The third kappa shape index (κ3) is 5.52. The molecule has 9 heteroatoms. The highest BCUT2D eigenvalue weighted by Crippen LogP contribution is 2.28. The number of nitrogens with zero attached hydrogens (tertiary/aromatic N) is 3. The van der Waals surface area contributed by atoms with Crippen molar-refractivity contribution in [1.82, 2.24) is 0 Å². The number of rotatable bonds is 7. The Bertz CT molecular complexity index is 1290. The van der Waals surface area contributed by atoms with E-state index >= 15 is 0 Å². The molecule has 178 valence electrons. The van der Waals surface area contributed by atoms with E-state index in [9.17, 15) is 19.7 Å². The number of nitrogens with one attached hydrogen (secondary N) is 1. The summed E-state index contributed by atoms with van der Waals surface area (Å²) in [6.45, 7) is 4.46. The lowest BCUT2D eigenvalue weighted by molar-refractivity contribution is -0.384. The fraction of sp³-hybridized carbons (Fsp3) is 0.192. The Morgan fingerprint density at radius 2 is 1.77 bits per heavy atom. The van der Waals surface area contributed by atoms with Crippen LogP contribution in [0.4, 0.5) is 17.1 Å². The lowest BCUT2D eigenvalue weighted by Crippen LogP contribution is -2.26. The second-order valence-electron chi connectivity index (χ2n) is 8.22. The predicted octanol–water partition coefficient (Wildman–Crippen LogP) is 5.03. The average molecular weight is 473 g/mol. The zero-order valence-corrected chi connectivity index (χ0v) is 19.3. The number of nitro benzene ring substituents is 1. The van der Waals surface area contributed by atoms with Crippen LogP contribution in [0.1, 0.15) is 40.9 Å². The summed E-state index contributed by atoms with van der Waals surface area (Å²) < 4.78 is 5.60. The van der Waals surface area contributed by atoms with E-state index in [1.807, 2.05) is 11.9 Å². The number of benzene rings is 3. The van der Waals surface area contributed by atoms with Crippen molar-refractivity contribution in [1.29, 1.82) is 0 Å². The maximum Gasteiger partial charge on any atom is 0.339 e. The van der Waals surface area contributed by atoms with Gasteiger partial charge in [0.05, 0.1) is 16.2 Å². The van der Waals surface area contributed by atoms with Crippen molar-refractivity contribution in [3.63, 3.8) is 0 Å². The van der Waals surface area contributed by atoms with Gasteiger partial charge in [0.1, 0.15) is 5.69 Å². The minimum Gasteiger partial charge on any atom is -0.444 e. The number of carbonyl (C=O) groups excluding carboxylic acids is 2. The maximum atomic E-state index is 13.2. The second-order valence-corrected chi connectivity index (χ2v) is 8.22. The van der Waals surface area contributed by atoms with Gasteiger partial charge >= 0.3 is 5.97 Å². The molecule has 1 aliphatic heterocycles. The van der Waals surface area contributed by atoms with Crippen molar-refractivity contribution in [2.75, 3.05) is 16.9 Å². The van der Waals surface area contributed by atoms with Crippen LogP contribution in [0, 0.1) is 17.0 Å². The van der Waals surface area contributed by atoms with E-state index < -0.39 is 22.9 Å². The molecule has 0 aromatic heterocycles. The number of hydrazone groups is 1. The molecule has 0 aliphatic carbocycles. The molecule has 1 atom stereocenters. The third-order valence-corrected chi connectivity index (χ3v) is 5.55. The van der Waals surface area contributed by atoms with E-state index in [1.54, 1.807) is 67.6 Å².